The lowest BCUT2D eigenvalue weighted by Gasteiger charge is -2.30. The number of hydrogen-bond donors (Lipinski definition) is 1. The molecule has 2 nitrogen and oxygen atoms in total. The van der Waals surface area contributed by atoms with Crippen LogP contribution in [0.1, 0.15) is 36.5 Å². The summed E-state index contributed by atoms with van der Waals surface area (Å²) in [6, 6.07) is 7.79. The molecule has 1 aliphatic carbocycles. The van der Waals surface area contributed by atoms with Crippen LogP contribution in [-0.2, 0) is 11.2 Å². The summed E-state index contributed by atoms with van der Waals surface area (Å²) in [6.07, 6.45) is -1.75. The van der Waals surface area contributed by atoms with Crippen molar-refractivity contribution < 1.29 is 23.0 Å². The molecule has 1 aromatic carbocycles. The fourth-order valence-electron chi connectivity index (χ4n) is 2.74. The molecule has 1 aromatic rings. The molecule has 2 atom stereocenters. The van der Waals surface area contributed by atoms with E-state index in [0.717, 1.165) is 18.4 Å². The Labute approximate surface area is 116 Å². The number of hydrogen-bond acceptors (Lipinski definition) is 2. The van der Waals surface area contributed by atoms with Crippen molar-refractivity contribution in [2.45, 2.75) is 38.0 Å². The standard InChI is InChI=1S/C15H19F3O2/c16-15(17,18)10-20-9-3-5-12-8-7-11-4-1-2-6-13(11)14(12)19/h1-2,4,6,12,14,19H,3,5,7-10H2. The van der Waals surface area contributed by atoms with Crippen molar-refractivity contribution in [3.63, 3.8) is 0 Å². The molecule has 0 fully saturated rings. The third-order valence-electron chi connectivity index (χ3n) is 3.73. The molecule has 20 heavy (non-hydrogen) atoms. The van der Waals surface area contributed by atoms with Crippen LogP contribution in [0.4, 0.5) is 13.2 Å². The van der Waals surface area contributed by atoms with Crippen LogP contribution in [0.3, 0.4) is 0 Å². The number of rotatable bonds is 5. The fourth-order valence-corrected chi connectivity index (χ4v) is 2.74. The molecule has 2 rings (SSSR count). The van der Waals surface area contributed by atoms with Crippen molar-refractivity contribution >= 4 is 0 Å². The van der Waals surface area contributed by atoms with Crippen molar-refractivity contribution in [2.75, 3.05) is 13.2 Å². The first-order valence-corrected chi connectivity index (χ1v) is 6.88. The zero-order valence-corrected chi connectivity index (χ0v) is 11.2. The molecule has 1 aliphatic rings. The number of aliphatic hydroxyl groups is 1. The van der Waals surface area contributed by atoms with Crippen LogP contribution in [0.2, 0.25) is 0 Å². The van der Waals surface area contributed by atoms with Crippen molar-refractivity contribution in [1.29, 1.82) is 0 Å². The summed E-state index contributed by atoms with van der Waals surface area (Å²) in [6.45, 7) is -1.10. The SMILES string of the molecule is OC1c2ccccc2CCC1CCCOCC(F)(F)F. The van der Waals surface area contributed by atoms with E-state index < -0.39 is 18.9 Å². The Balaban J connectivity index is 1.75. The fraction of sp³-hybridized carbons (Fsp3) is 0.600. The highest BCUT2D eigenvalue weighted by Gasteiger charge is 2.28. The highest BCUT2D eigenvalue weighted by Crippen LogP contribution is 2.36. The Morgan fingerprint density at radius 1 is 1.25 bits per heavy atom. The summed E-state index contributed by atoms with van der Waals surface area (Å²) in [4.78, 5) is 0. The van der Waals surface area contributed by atoms with Gasteiger partial charge in [0.25, 0.3) is 0 Å². The minimum Gasteiger partial charge on any atom is -0.388 e. The minimum absolute atomic E-state index is 0.0877. The number of ether oxygens (including phenoxy) is 1. The molecule has 2 unspecified atom stereocenters. The van der Waals surface area contributed by atoms with Gasteiger partial charge in [0.05, 0.1) is 6.10 Å². The molecule has 0 amide bonds. The monoisotopic (exact) mass is 288 g/mol. The molecule has 0 aliphatic heterocycles. The summed E-state index contributed by atoms with van der Waals surface area (Å²) in [5.41, 5.74) is 2.13. The normalized spacial score (nSPS) is 22.6. The van der Waals surface area contributed by atoms with Crippen LogP contribution >= 0.6 is 0 Å². The van der Waals surface area contributed by atoms with Gasteiger partial charge in [-0.15, -0.1) is 0 Å². The quantitative estimate of drug-likeness (QED) is 0.838. The maximum Gasteiger partial charge on any atom is 0.411 e. The third-order valence-corrected chi connectivity index (χ3v) is 3.73. The average molecular weight is 288 g/mol. The Morgan fingerprint density at radius 2 is 2.00 bits per heavy atom. The Kier molecular flexibility index (Phi) is 5.05. The van der Waals surface area contributed by atoms with E-state index in [0.29, 0.717) is 12.8 Å². The van der Waals surface area contributed by atoms with E-state index in [1.807, 2.05) is 24.3 Å². The number of aliphatic hydroxyl groups excluding tert-OH is 1. The average Bonchev–Trinajstić information content (AvgIpc) is 2.40. The van der Waals surface area contributed by atoms with Crippen LogP contribution in [0.25, 0.3) is 0 Å². The second kappa shape index (κ2) is 6.59. The van der Waals surface area contributed by atoms with Gasteiger partial charge in [-0.05, 0) is 42.7 Å². The van der Waals surface area contributed by atoms with Crippen LogP contribution in [-0.4, -0.2) is 24.5 Å². The number of fused-ring (bicyclic) bond motifs is 1. The van der Waals surface area contributed by atoms with E-state index in [9.17, 15) is 18.3 Å². The second-order valence-electron chi connectivity index (χ2n) is 5.25. The third kappa shape index (κ3) is 4.21. The first-order chi connectivity index (χ1) is 9.47. The molecule has 0 spiro atoms. The second-order valence-corrected chi connectivity index (χ2v) is 5.25. The van der Waals surface area contributed by atoms with Crippen molar-refractivity contribution in [2.24, 2.45) is 5.92 Å². The highest BCUT2D eigenvalue weighted by molar-refractivity contribution is 5.31. The zero-order valence-electron chi connectivity index (χ0n) is 11.2. The van der Waals surface area contributed by atoms with Gasteiger partial charge in [-0.25, -0.2) is 0 Å². The van der Waals surface area contributed by atoms with E-state index in [-0.39, 0.29) is 12.5 Å². The molecule has 1 N–H and O–H groups in total. The molecule has 0 saturated carbocycles. The van der Waals surface area contributed by atoms with E-state index in [1.165, 1.54) is 5.56 Å². The van der Waals surface area contributed by atoms with E-state index >= 15 is 0 Å². The number of alkyl halides is 3. The van der Waals surface area contributed by atoms with Crippen molar-refractivity contribution in [1.82, 2.24) is 0 Å². The van der Waals surface area contributed by atoms with Crippen LogP contribution < -0.4 is 0 Å². The molecule has 5 heteroatoms. The van der Waals surface area contributed by atoms with Crippen molar-refractivity contribution in [3.8, 4) is 0 Å². The van der Waals surface area contributed by atoms with Crippen molar-refractivity contribution in [3.05, 3.63) is 35.4 Å². The predicted molar refractivity (Wildman–Crippen MR) is 69.3 cm³/mol. The Hall–Kier alpha value is -1.07. The Bertz CT molecular complexity index is 431. The van der Waals surface area contributed by atoms with Crippen LogP contribution in [0.5, 0.6) is 0 Å². The van der Waals surface area contributed by atoms with Gasteiger partial charge in [-0.3, -0.25) is 0 Å². The largest absolute Gasteiger partial charge is 0.411 e. The Morgan fingerprint density at radius 3 is 2.75 bits per heavy atom. The smallest absolute Gasteiger partial charge is 0.388 e. The zero-order chi connectivity index (χ0) is 14.6. The predicted octanol–water partition coefficient (Wildman–Crippen LogP) is 3.64. The first kappa shape index (κ1) is 15.3. The number of halogens is 3. The molecule has 0 aromatic heterocycles. The topological polar surface area (TPSA) is 29.5 Å². The summed E-state index contributed by atoms with van der Waals surface area (Å²) in [5.74, 6) is 0.111. The number of benzene rings is 1. The highest BCUT2D eigenvalue weighted by atomic mass is 19.4. The first-order valence-electron chi connectivity index (χ1n) is 6.88. The molecule has 0 bridgehead atoms. The molecule has 112 valence electrons. The maximum atomic E-state index is 11.9. The summed E-state index contributed by atoms with van der Waals surface area (Å²) in [5, 5.41) is 10.3. The number of aryl methyl sites for hydroxylation is 1. The minimum atomic E-state index is -4.26. The maximum absolute atomic E-state index is 11.9. The van der Waals surface area contributed by atoms with Gasteiger partial charge < -0.3 is 9.84 Å². The van der Waals surface area contributed by atoms with E-state index in [1.54, 1.807) is 0 Å². The molecule has 0 saturated heterocycles. The molecular formula is C15H19F3O2. The van der Waals surface area contributed by atoms with Gasteiger partial charge in [0.1, 0.15) is 6.61 Å². The summed E-state index contributed by atoms with van der Waals surface area (Å²) in [7, 11) is 0. The molecule has 0 radical (unpaired) electrons. The van der Waals surface area contributed by atoms with Crippen LogP contribution in [0.15, 0.2) is 24.3 Å². The molecule has 0 heterocycles. The lowest BCUT2D eigenvalue weighted by atomic mass is 9.79. The molecular weight excluding hydrogens is 269 g/mol. The summed E-state index contributed by atoms with van der Waals surface area (Å²) < 4.78 is 40.3. The van der Waals surface area contributed by atoms with Gasteiger partial charge >= 0.3 is 6.18 Å². The van der Waals surface area contributed by atoms with E-state index in [4.69, 9.17) is 0 Å². The van der Waals surface area contributed by atoms with Gasteiger partial charge in [0.2, 0.25) is 0 Å². The lowest BCUT2D eigenvalue weighted by molar-refractivity contribution is -0.174. The van der Waals surface area contributed by atoms with Gasteiger partial charge in [0.15, 0.2) is 0 Å². The van der Waals surface area contributed by atoms with Gasteiger partial charge in [-0.1, -0.05) is 24.3 Å². The van der Waals surface area contributed by atoms with Gasteiger partial charge in [-0.2, -0.15) is 13.2 Å². The van der Waals surface area contributed by atoms with Gasteiger partial charge in [0, 0.05) is 6.61 Å². The van der Waals surface area contributed by atoms with E-state index in [2.05, 4.69) is 4.74 Å². The summed E-state index contributed by atoms with van der Waals surface area (Å²) >= 11 is 0. The van der Waals surface area contributed by atoms with Crippen LogP contribution in [0, 0.1) is 5.92 Å². The lowest BCUT2D eigenvalue weighted by Crippen LogP contribution is -2.21.